The SMILES string of the molecule is CCOc1cc(OCC)cc(OCC)c1.CCOc1ccc(C(C)(c2ccc(OCC)cc2)c2ccc(OCC)cc2)cc1.CCOc1nc(OCC)nc(OCC)n1.CNCCN(CCNC)CCNC.[NH-]CC(=O)NCCN(CCNC(=O)C[NH-])CCNC(=O)C[NH-].[W].[W].[W]. The number of nitrogens with one attached hydrogen (secondary N) is 9. The molecule has 0 aliphatic rings. The fraction of sp³-hybridized carbons (Fsp3) is 0.559. The zero-order valence-electron chi connectivity index (χ0n) is 59.5. The topological polar surface area (TPSA) is 323 Å². The maximum absolute atomic E-state index is 11.0. The molecule has 0 saturated carbocycles. The quantitative estimate of drug-likeness (QED) is 0.0202. The van der Waals surface area contributed by atoms with Gasteiger partial charge in [0.1, 0.15) is 34.5 Å². The Balaban J connectivity index is -0.00000117. The average Bonchev–Trinajstić information content (AvgIpc) is 0.767. The van der Waals surface area contributed by atoms with Crippen LogP contribution in [0.1, 0.15) is 85.9 Å². The molecule has 0 bridgehead atoms. The van der Waals surface area contributed by atoms with Crippen molar-refractivity contribution in [3.8, 4) is 52.5 Å². The number of amides is 3. The molecule has 546 valence electrons. The van der Waals surface area contributed by atoms with Gasteiger partial charge in [-0.25, -0.2) is 0 Å². The molecule has 0 aliphatic carbocycles. The summed E-state index contributed by atoms with van der Waals surface area (Å²) < 4.78 is 48.6. The maximum Gasteiger partial charge on any atom is 0.325 e. The summed E-state index contributed by atoms with van der Waals surface area (Å²) in [5.41, 5.74) is 24.0. The van der Waals surface area contributed by atoms with E-state index in [0.29, 0.717) is 98.7 Å². The van der Waals surface area contributed by atoms with Crippen molar-refractivity contribution in [3.05, 3.63) is 125 Å². The molecular formula is C68H111N14O12W3-3. The van der Waals surface area contributed by atoms with Gasteiger partial charge >= 0.3 is 18.0 Å². The first-order valence-corrected chi connectivity index (χ1v) is 32.6. The number of ether oxygens (including phenoxy) is 9. The fourth-order valence-corrected chi connectivity index (χ4v) is 8.58. The van der Waals surface area contributed by atoms with Crippen molar-refractivity contribution < 1.29 is 120 Å². The molecule has 0 atom stereocenters. The van der Waals surface area contributed by atoms with Gasteiger partial charge in [0.25, 0.3) is 0 Å². The van der Waals surface area contributed by atoms with Crippen LogP contribution in [0, 0.1) is 0 Å². The van der Waals surface area contributed by atoms with Crippen LogP contribution in [0.25, 0.3) is 17.2 Å². The van der Waals surface area contributed by atoms with Crippen molar-refractivity contribution in [1.82, 2.24) is 56.7 Å². The Hall–Kier alpha value is -5.76. The zero-order chi connectivity index (χ0) is 69.6. The zero-order valence-corrected chi connectivity index (χ0v) is 68.3. The molecule has 26 nitrogen and oxygen atoms in total. The van der Waals surface area contributed by atoms with Crippen molar-refractivity contribution in [2.75, 3.05) is 179 Å². The largest absolute Gasteiger partial charge is 0.670 e. The van der Waals surface area contributed by atoms with Crippen LogP contribution in [-0.4, -0.2) is 221 Å². The van der Waals surface area contributed by atoms with E-state index >= 15 is 0 Å². The predicted molar refractivity (Wildman–Crippen MR) is 373 cm³/mol. The van der Waals surface area contributed by atoms with Gasteiger partial charge in [0.2, 0.25) is 0 Å². The number of aromatic nitrogens is 3. The van der Waals surface area contributed by atoms with Gasteiger partial charge in [-0.05, 0) is 143 Å². The number of nitrogens with zero attached hydrogens (tertiary/aromatic N) is 5. The molecule has 4 aromatic carbocycles. The molecular weight excluding hydrogens is 1760 g/mol. The Morgan fingerprint density at radius 3 is 0.753 bits per heavy atom. The summed E-state index contributed by atoms with van der Waals surface area (Å²) in [6.45, 7) is 33.3. The Labute approximate surface area is 621 Å². The van der Waals surface area contributed by atoms with Gasteiger partial charge in [-0.15, -0.1) is 15.0 Å². The molecule has 1 heterocycles. The second-order valence-electron chi connectivity index (χ2n) is 20.0. The minimum Gasteiger partial charge on any atom is -0.670 e. The number of benzene rings is 4. The summed E-state index contributed by atoms with van der Waals surface area (Å²) in [4.78, 5) is 49.2. The summed E-state index contributed by atoms with van der Waals surface area (Å²) in [7, 11) is 5.98. The molecule has 5 rings (SSSR count). The van der Waals surface area contributed by atoms with Crippen LogP contribution in [0.5, 0.6) is 52.5 Å². The van der Waals surface area contributed by atoms with Gasteiger partial charge in [0.15, 0.2) is 17.7 Å². The molecule has 5 aromatic rings. The number of hydrogen-bond donors (Lipinski definition) is 6. The smallest absolute Gasteiger partial charge is 0.325 e. The predicted octanol–water partition coefficient (Wildman–Crippen LogP) is 7.92. The first-order valence-electron chi connectivity index (χ1n) is 32.6. The fourth-order valence-electron chi connectivity index (χ4n) is 8.58. The van der Waals surface area contributed by atoms with Crippen LogP contribution < -0.4 is 74.5 Å². The van der Waals surface area contributed by atoms with E-state index in [4.69, 9.17) is 59.8 Å². The van der Waals surface area contributed by atoms with Crippen LogP contribution in [0.2, 0.25) is 0 Å². The number of hydrogen-bond acceptors (Lipinski definition) is 20. The summed E-state index contributed by atoms with van der Waals surface area (Å²) in [6, 6.07) is 31.4. The molecule has 3 amide bonds. The van der Waals surface area contributed by atoms with Crippen molar-refractivity contribution in [2.24, 2.45) is 0 Å². The third-order valence-electron chi connectivity index (χ3n) is 13.2. The third kappa shape index (κ3) is 42.1. The van der Waals surface area contributed by atoms with Crippen molar-refractivity contribution in [2.45, 2.75) is 74.7 Å². The Kier molecular flexibility index (Phi) is 60.4. The molecule has 97 heavy (non-hydrogen) atoms. The van der Waals surface area contributed by atoms with E-state index in [9.17, 15) is 14.4 Å². The Bertz CT molecular complexity index is 2370. The van der Waals surface area contributed by atoms with E-state index in [2.05, 4.69) is 95.1 Å². The van der Waals surface area contributed by atoms with Crippen molar-refractivity contribution in [3.63, 3.8) is 0 Å². The Morgan fingerprint density at radius 1 is 0.351 bits per heavy atom. The van der Waals surface area contributed by atoms with Gasteiger partial charge in [0.05, 0.1) is 59.5 Å². The summed E-state index contributed by atoms with van der Waals surface area (Å²) >= 11 is 0. The monoisotopic (exact) mass is 1870 g/mol. The molecule has 29 heteroatoms. The average molecular weight is 1870 g/mol. The molecule has 0 aliphatic heterocycles. The first kappa shape index (κ1) is 95.4. The number of likely N-dealkylation sites (N-methyl/N-ethyl adjacent to an activating group) is 3. The Morgan fingerprint density at radius 2 is 0.557 bits per heavy atom. The minimum absolute atomic E-state index is 0. The second kappa shape index (κ2) is 61.3. The van der Waals surface area contributed by atoms with E-state index < -0.39 is 0 Å². The molecule has 0 spiro atoms. The second-order valence-corrected chi connectivity index (χ2v) is 20.0. The molecule has 0 radical (unpaired) electrons. The first-order chi connectivity index (χ1) is 45.6. The van der Waals surface area contributed by atoms with E-state index in [-0.39, 0.29) is 124 Å². The molecule has 0 fully saturated rings. The number of carbonyl (C=O) groups is 3. The summed E-state index contributed by atoms with van der Waals surface area (Å²) in [5.74, 6) is 3.94. The standard InChI is InChI=1S/C26H30O3.C12H24N7O3.C12H18O3.C9H24N4.C9H15N3O3.3W/c1-5-27-23-14-8-20(9-15-23)26(4,21-10-16-24(17-11-21)28-6-2)22-12-18-25(19-13-22)29-7-3;13-7-10(20)16-1-4-19(5-2-17-11(21)8-14)6-3-18-12(22)9-15;1-4-13-10-7-11(14-5-2)9-12(8-10)15-6-3;1-10-4-7-13(8-5-11-2)9-6-12-3;1-4-13-7-10-8(14-5-2)12-9(11-7)15-6-3;;;/h8-19H,5-7H2,1-4H3;13-15H,1-9H2,(H,16,20)(H,17,21)(H,18,22);7-9H,4-6H2,1-3H3;10-12H,4-9H2,1-3H3;4-6H2,1-3H3;;;/q;-3;;;;;;. The van der Waals surface area contributed by atoms with Crippen LogP contribution in [0.4, 0.5) is 0 Å². The van der Waals surface area contributed by atoms with Crippen LogP contribution >= 0.6 is 0 Å². The normalized spacial score (nSPS) is 10.2. The van der Waals surface area contributed by atoms with Crippen molar-refractivity contribution >= 4 is 17.7 Å². The summed E-state index contributed by atoms with van der Waals surface area (Å²) in [6.07, 6.45) is 0. The van der Waals surface area contributed by atoms with Crippen molar-refractivity contribution in [1.29, 1.82) is 0 Å². The van der Waals surface area contributed by atoms with Gasteiger partial charge in [-0.2, -0.15) is 0 Å². The van der Waals surface area contributed by atoms with Gasteiger partial charge < -0.3 is 91.7 Å². The number of rotatable bonds is 42. The molecule has 9 N–H and O–H groups in total. The van der Waals surface area contributed by atoms with Crippen LogP contribution in [0.3, 0.4) is 0 Å². The molecule has 0 unspecified atom stereocenters. The van der Waals surface area contributed by atoms with E-state index in [0.717, 1.165) is 73.8 Å². The molecule has 1 aromatic heterocycles. The van der Waals surface area contributed by atoms with E-state index in [1.54, 1.807) is 0 Å². The van der Waals surface area contributed by atoms with Crippen LogP contribution in [0.15, 0.2) is 91.0 Å². The van der Waals surface area contributed by atoms with Gasteiger partial charge in [-0.3, -0.25) is 24.2 Å². The minimum atomic E-state index is -0.357. The summed E-state index contributed by atoms with van der Waals surface area (Å²) in [5, 5.41) is 17.2. The number of carbonyl (C=O) groups excluding carboxylic acids is 3. The third-order valence-corrected chi connectivity index (χ3v) is 13.2. The molecule has 0 saturated heterocycles. The van der Waals surface area contributed by atoms with E-state index in [1.165, 1.54) is 16.7 Å². The van der Waals surface area contributed by atoms with E-state index in [1.807, 2.05) is 143 Å². The van der Waals surface area contributed by atoms with Crippen LogP contribution in [-0.2, 0) is 83.0 Å². The van der Waals surface area contributed by atoms with Gasteiger partial charge in [-0.1, -0.05) is 56.0 Å². The van der Waals surface area contributed by atoms with Gasteiger partial charge in [0, 0.05) is 165 Å². The maximum atomic E-state index is 11.0.